The Labute approximate surface area is 416 Å². The molecule has 5 aromatic carbocycles. The van der Waals surface area contributed by atoms with Gasteiger partial charge in [-0.25, -0.2) is 0 Å². The van der Waals surface area contributed by atoms with Gasteiger partial charge in [-0.15, -0.1) is 34.8 Å². The summed E-state index contributed by atoms with van der Waals surface area (Å²) in [4.78, 5) is 78.6. The molecule has 5 aromatic rings. The molecule has 4 amide bonds. The van der Waals surface area contributed by atoms with Crippen molar-refractivity contribution >= 4 is 127 Å². The summed E-state index contributed by atoms with van der Waals surface area (Å²) >= 11 is 31.1. The topological polar surface area (TPSA) is 218 Å². The number of Topliss-reactive ketones (excluding diaryl/α,β-unsaturated/α-hetero) is 2. The van der Waals surface area contributed by atoms with Crippen LogP contribution in [0.2, 0.25) is 10.0 Å². The number of nitrogens with zero attached hydrogens (tertiary/aromatic N) is 4. The van der Waals surface area contributed by atoms with E-state index < -0.39 is 47.3 Å². The first-order valence-corrected chi connectivity index (χ1v) is 22.9. The smallest absolute Gasteiger partial charge is 0.258 e. The number of nitrogens with one attached hydrogen (secondary N) is 4. The third-order valence-electron chi connectivity index (χ3n) is 9.47. The normalized spacial score (nSPS) is 12.0. The van der Waals surface area contributed by atoms with Crippen LogP contribution in [0.4, 0.5) is 34.1 Å². The second-order valence-electron chi connectivity index (χ2n) is 14.5. The molecule has 16 nitrogen and oxygen atoms in total. The van der Waals surface area contributed by atoms with E-state index in [4.69, 9.17) is 67.5 Å². The molecular formula is C47H43Cl5N8O8. The lowest BCUT2D eigenvalue weighted by Gasteiger charge is -2.15. The number of rotatable bonds is 21. The van der Waals surface area contributed by atoms with Crippen LogP contribution in [0, 0.1) is 0 Å². The molecule has 0 fully saturated rings. The molecule has 0 aliphatic heterocycles. The summed E-state index contributed by atoms with van der Waals surface area (Å²) in [6, 6.07) is 19.6. The molecule has 0 spiro atoms. The molecule has 0 saturated heterocycles. The summed E-state index contributed by atoms with van der Waals surface area (Å²) in [6.07, 6.45) is 0. The zero-order valence-electron chi connectivity index (χ0n) is 36.8. The molecule has 0 aliphatic carbocycles. The number of carbonyl (C=O) groups excluding carboxylic acids is 6. The zero-order chi connectivity index (χ0) is 49.5. The Morgan fingerprint density at radius 1 is 0.515 bits per heavy atom. The highest BCUT2D eigenvalue weighted by Gasteiger charge is 2.26. The average molecular weight is 1030 g/mol. The second-order valence-corrected chi connectivity index (χ2v) is 16.2. The summed E-state index contributed by atoms with van der Waals surface area (Å²) in [5, 5.41) is 27.1. The van der Waals surface area contributed by atoms with E-state index in [-0.39, 0.29) is 61.6 Å². The maximum Gasteiger partial charge on any atom is 0.258 e. The van der Waals surface area contributed by atoms with Gasteiger partial charge >= 0.3 is 0 Å². The summed E-state index contributed by atoms with van der Waals surface area (Å²) in [7, 11) is 0. The first-order chi connectivity index (χ1) is 32.5. The van der Waals surface area contributed by atoms with Crippen molar-refractivity contribution in [2.75, 3.05) is 34.5 Å². The summed E-state index contributed by atoms with van der Waals surface area (Å²) in [6.45, 7) is 6.91. The Kier molecular flexibility index (Phi) is 19.4. The highest BCUT2D eigenvalue weighted by molar-refractivity contribution is 6.32. The Balaban J connectivity index is 1.25. The molecule has 21 heteroatoms. The zero-order valence-corrected chi connectivity index (χ0v) is 40.6. The summed E-state index contributed by atoms with van der Waals surface area (Å²) in [5.41, 5.74) is 3.24. The van der Waals surface area contributed by atoms with E-state index in [1.807, 2.05) is 13.8 Å². The number of alkyl halides is 3. The minimum Gasteiger partial charge on any atom is -0.494 e. The molecule has 0 saturated carbocycles. The Morgan fingerprint density at radius 3 is 1.32 bits per heavy atom. The SMILES string of the molecule is CCOc1ccc(NC(=O)c2cc(Cl)cc(N=NC(C(C)=O)C(=O)Nc3ccc(NC(=O)C(N=Nc4cc(Cl)cc(C(=O)Nc5ccc(OCC)cc5CCl)c4)C(C)=O)c(CCl)c3)c2)c(CCl)c1. The lowest BCUT2D eigenvalue weighted by molar-refractivity contribution is -0.127. The first-order valence-electron chi connectivity index (χ1n) is 20.6. The molecule has 354 valence electrons. The molecule has 0 heterocycles. The van der Waals surface area contributed by atoms with Crippen molar-refractivity contribution in [1.82, 2.24) is 0 Å². The number of hydrogen-bond donors (Lipinski definition) is 4. The van der Waals surface area contributed by atoms with E-state index in [0.717, 1.165) is 13.8 Å². The number of hydrogen-bond acceptors (Lipinski definition) is 12. The van der Waals surface area contributed by atoms with Crippen LogP contribution in [0.3, 0.4) is 0 Å². The number of amides is 4. The number of benzene rings is 5. The van der Waals surface area contributed by atoms with Crippen LogP contribution in [0.25, 0.3) is 0 Å². The van der Waals surface area contributed by atoms with Crippen molar-refractivity contribution in [1.29, 1.82) is 0 Å². The van der Waals surface area contributed by atoms with Crippen molar-refractivity contribution in [3.8, 4) is 11.5 Å². The number of ether oxygens (including phenoxy) is 2. The van der Waals surface area contributed by atoms with Crippen molar-refractivity contribution in [3.63, 3.8) is 0 Å². The van der Waals surface area contributed by atoms with Gasteiger partial charge in [-0.3, -0.25) is 28.8 Å². The van der Waals surface area contributed by atoms with Crippen molar-refractivity contribution < 1.29 is 38.2 Å². The Morgan fingerprint density at radius 2 is 0.912 bits per heavy atom. The predicted molar refractivity (Wildman–Crippen MR) is 264 cm³/mol. The van der Waals surface area contributed by atoms with Crippen LogP contribution in [-0.2, 0) is 36.8 Å². The van der Waals surface area contributed by atoms with E-state index in [9.17, 15) is 28.8 Å². The fourth-order valence-corrected chi connectivity index (χ4v) is 7.36. The monoisotopic (exact) mass is 1020 g/mol. The highest BCUT2D eigenvalue weighted by atomic mass is 35.5. The van der Waals surface area contributed by atoms with E-state index in [1.54, 1.807) is 36.4 Å². The number of carbonyl (C=O) groups is 6. The van der Waals surface area contributed by atoms with Crippen LogP contribution >= 0.6 is 58.0 Å². The number of halogens is 5. The molecular weight excluding hydrogens is 982 g/mol. The molecule has 0 bridgehead atoms. The standard InChI is InChI=1S/C47H43Cl5N8O8/c1-5-67-37-8-11-40(30(18-37)23-49)54-44(63)27-13-32(51)20-35(15-27)57-59-42(25(3)61)46(65)53-34-7-10-39(29(17-34)22-48)56-47(66)43(26(4)62)60-58-36-16-28(14-33(52)21-36)45(64)55-41-12-9-38(68-6-2)19-31(41)24-50/h7-21,42-43H,5-6,22-24H2,1-4H3,(H,53,65)(H,54,63)(H,55,64)(H,56,66). The number of ketones is 2. The van der Waals surface area contributed by atoms with E-state index in [2.05, 4.69) is 41.7 Å². The van der Waals surface area contributed by atoms with Crippen LogP contribution in [0.15, 0.2) is 111 Å². The van der Waals surface area contributed by atoms with Crippen LogP contribution in [0.5, 0.6) is 11.5 Å². The number of anilines is 4. The maximum absolute atomic E-state index is 13.4. The second kappa shape index (κ2) is 25.1. The molecule has 0 aromatic heterocycles. The van der Waals surface area contributed by atoms with Gasteiger partial charge in [0.15, 0.2) is 11.6 Å². The van der Waals surface area contributed by atoms with Crippen LogP contribution < -0.4 is 30.7 Å². The summed E-state index contributed by atoms with van der Waals surface area (Å²) < 4.78 is 11.0. The molecule has 4 N–H and O–H groups in total. The summed E-state index contributed by atoms with van der Waals surface area (Å²) in [5.74, 6) is -2.84. The van der Waals surface area contributed by atoms with Gasteiger partial charge in [-0.05, 0) is 135 Å². The van der Waals surface area contributed by atoms with Crippen LogP contribution in [-0.4, -0.2) is 60.5 Å². The van der Waals surface area contributed by atoms with Gasteiger partial charge in [-0.2, -0.15) is 20.5 Å². The fraction of sp³-hybridized carbons (Fsp3) is 0.234. The van der Waals surface area contributed by atoms with E-state index >= 15 is 0 Å². The van der Waals surface area contributed by atoms with E-state index in [0.29, 0.717) is 52.8 Å². The fourth-order valence-electron chi connectivity index (χ4n) is 6.23. The van der Waals surface area contributed by atoms with Gasteiger partial charge in [0.2, 0.25) is 12.1 Å². The van der Waals surface area contributed by atoms with Crippen molar-refractivity contribution in [3.05, 3.63) is 129 Å². The minimum absolute atomic E-state index is 0.0817. The largest absolute Gasteiger partial charge is 0.494 e. The highest BCUT2D eigenvalue weighted by Crippen LogP contribution is 2.30. The third kappa shape index (κ3) is 14.5. The van der Waals surface area contributed by atoms with Crippen LogP contribution in [0.1, 0.15) is 65.1 Å². The minimum atomic E-state index is -1.63. The van der Waals surface area contributed by atoms with Gasteiger partial charge in [0.1, 0.15) is 11.5 Å². The number of azo groups is 2. The lowest BCUT2D eigenvalue weighted by atomic mass is 10.1. The Bertz CT molecular complexity index is 2790. The van der Waals surface area contributed by atoms with Crippen molar-refractivity contribution in [2.45, 2.75) is 57.4 Å². The first kappa shape index (κ1) is 52.5. The molecule has 68 heavy (non-hydrogen) atoms. The average Bonchev–Trinajstić information content (AvgIpc) is 3.30. The van der Waals surface area contributed by atoms with Crippen molar-refractivity contribution in [2.24, 2.45) is 20.5 Å². The molecule has 2 atom stereocenters. The predicted octanol–water partition coefficient (Wildman–Crippen LogP) is 11.9. The molecule has 0 radical (unpaired) electrons. The Hall–Kier alpha value is -6.43. The van der Waals surface area contributed by atoms with Gasteiger partial charge in [0.25, 0.3) is 23.6 Å². The van der Waals surface area contributed by atoms with Gasteiger partial charge < -0.3 is 30.7 Å². The molecule has 0 aliphatic rings. The third-order valence-corrected chi connectivity index (χ3v) is 10.8. The van der Waals surface area contributed by atoms with Gasteiger partial charge in [0, 0.05) is 61.6 Å². The maximum atomic E-state index is 13.4. The van der Waals surface area contributed by atoms with Gasteiger partial charge in [0.05, 0.1) is 24.6 Å². The van der Waals surface area contributed by atoms with E-state index in [1.165, 1.54) is 54.6 Å². The molecule has 5 rings (SSSR count). The van der Waals surface area contributed by atoms with Gasteiger partial charge in [-0.1, -0.05) is 23.2 Å². The lowest BCUT2D eigenvalue weighted by Crippen LogP contribution is -2.32. The molecule has 2 unspecified atom stereocenters. The quantitative estimate of drug-likeness (QED) is 0.0314.